The normalized spacial score (nSPS) is 17.1. The summed E-state index contributed by atoms with van der Waals surface area (Å²) >= 11 is 12.4. The molecule has 4 heterocycles. The number of ether oxygens (including phenoxy) is 1. The van der Waals surface area contributed by atoms with Crippen LogP contribution in [0.25, 0.3) is 17.1 Å². The van der Waals surface area contributed by atoms with E-state index in [0.717, 1.165) is 9.25 Å². The highest BCUT2D eigenvalue weighted by Crippen LogP contribution is 2.40. The van der Waals surface area contributed by atoms with E-state index in [1.807, 2.05) is 4.90 Å². The van der Waals surface area contributed by atoms with Crippen LogP contribution in [-0.4, -0.2) is 72.8 Å². The number of nitrogens with zero attached hydrogens (tertiary/aromatic N) is 7. The van der Waals surface area contributed by atoms with Crippen molar-refractivity contribution in [1.82, 2.24) is 29.1 Å². The molecule has 0 unspecified atom stereocenters. The molecule has 6 rings (SSSR count). The topological polar surface area (TPSA) is 103 Å². The Bertz CT molecular complexity index is 1610. The molecule has 1 spiro atoms. The van der Waals surface area contributed by atoms with Gasteiger partial charge in [-0.3, -0.25) is 4.57 Å². The SMILES string of the molecule is O=c1n(Cc2nc(N3CC4(COC4)C3)n(-c3ccccc3Cl)n2)nc(-c2ccc(Cl)cc2)n1C[C@H](O)C(F)(F)F. The summed E-state index contributed by atoms with van der Waals surface area (Å²) in [6.45, 7) is 1.48. The van der Waals surface area contributed by atoms with E-state index in [9.17, 15) is 23.1 Å². The summed E-state index contributed by atoms with van der Waals surface area (Å²) in [7, 11) is 0. The van der Waals surface area contributed by atoms with Crippen LogP contribution in [0, 0.1) is 5.41 Å². The van der Waals surface area contributed by atoms with Crippen LogP contribution in [0.1, 0.15) is 5.82 Å². The van der Waals surface area contributed by atoms with E-state index in [-0.39, 0.29) is 23.6 Å². The Morgan fingerprint density at radius 2 is 1.75 bits per heavy atom. The Balaban J connectivity index is 1.38. The average Bonchev–Trinajstić information content (AvgIpc) is 3.39. The molecule has 1 atom stereocenters. The van der Waals surface area contributed by atoms with Gasteiger partial charge in [0.25, 0.3) is 0 Å². The van der Waals surface area contributed by atoms with Crippen LogP contribution in [0.15, 0.2) is 53.3 Å². The van der Waals surface area contributed by atoms with Gasteiger partial charge in [0.1, 0.15) is 6.54 Å². The van der Waals surface area contributed by atoms with Crippen molar-refractivity contribution in [1.29, 1.82) is 0 Å². The first kappa shape index (κ1) is 26.8. The summed E-state index contributed by atoms with van der Waals surface area (Å²) in [6, 6.07) is 13.2. The molecule has 0 bridgehead atoms. The lowest BCUT2D eigenvalue weighted by atomic mass is 9.78. The highest BCUT2D eigenvalue weighted by atomic mass is 35.5. The Labute approximate surface area is 235 Å². The fourth-order valence-electron chi connectivity index (χ4n) is 4.81. The molecular formula is C25H22Cl2F3N7O3. The van der Waals surface area contributed by atoms with Gasteiger partial charge in [-0.1, -0.05) is 35.3 Å². The Morgan fingerprint density at radius 3 is 2.38 bits per heavy atom. The standard InChI is InChI=1S/C25H22Cl2F3N7O3/c26-16-7-5-15(6-8-16)21-33-36(23(39)35(21)9-19(38)25(28,29)30)10-20-31-22(34-11-24(12-34)13-40-14-24)37(32-20)18-4-2-1-3-17(18)27/h1-8,19,38H,9-14H2/t19-/m0/s1. The van der Waals surface area contributed by atoms with Gasteiger partial charge in [0.2, 0.25) is 5.95 Å². The van der Waals surface area contributed by atoms with Crippen molar-refractivity contribution in [3.8, 4) is 17.1 Å². The molecule has 4 aromatic rings. The van der Waals surface area contributed by atoms with Crippen molar-refractivity contribution in [2.24, 2.45) is 5.41 Å². The molecule has 210 valence electrons. The molecule has 0 amide bonds. The number of halogens is 5. The van der Waals surface area contributed by atoms with Crippen LogP contribution >= 0.6 is 23.2 Å². The summed E-state index contributed by atoms with van der Waals surface area (Å²) < 4.78 is 48.3. The highest BCUT2D eigenvalue weighted by molar-refractivity contribution is 6.32. The lowest BCUT2D eigenvalue weighted by Crippen LogP contribution is -2.66. The molecule has 2 saturated heterocycles. The molecule has 0 radical (unpaired) electrons. The van der Waals surface area contributed by atoms with Crippen LogP contribution in [0.4, 0.5) is 19.1 Å². The van der Waals surface area contributed by atoms with Gasteiger partial charge >= 0.3 is 11.9 Å². The number of anilines is 1. The highest BCUT2D eigenvalue weighted by Gasteiger charge is 2.50. The van der Waals surface area contributed by atoms with Crippen LogP contribution < -0.4 is 10.6 Å². The number of hydrogen-bond donors (Lipinski definition) is 1. The zero-order valence-corrected chi connectivity index (χ0v) is 22.2. The lowest BCUT2D eigenvalue weighted by molar-refractivity contribution is -0.207. The maximum absolute atomic E-state index is 13.3. The van der Waals surface area contributed by atoms with E-state index in [1.54, 1.807) is 28.9 Å². The Kier molecular flexibility index (Phi) is 6.64. The molecule has 15 heteroatoms. The van der Waals surface area contributed by atoms with Gasteiger partial charge in [-0.2, -0.15) is 22.8 Å². The number of hydrogen-bond acceptors (Lipinski definition) is 7. The minimum Gasteiger partial charge on any atom is -0.382 e. The summed E-state index contributed by atoms with van der Waals surface area (Å²) in [5, 5.41) is 19.5. The van der Waals surface area contributed by atoms with Crippen molar-refractivity contribution >= 4 is 29.2 Å². The molecule has 2 fully saturated rings. The fourth-order valence-corrected chi connectivity index (χ4v) is 5.15. The predicted octanol–water partition coefficient (Wildman–Crippen LogP) is 3.41. The van der Waals surface area contributed by atoms with Gasteiger partial charge in [0.05, 0.1) is 35.9 Å². The first-order chi connectivity index (χ1) is 19.0. The van der Waals surface area contributed by atoms with Crippen molar-refractivity contribution < 1.29 is 23.0 Å². The van der Waals surface area contributed by atoms with Gasteiger partial charge in [-0.25, -0.2) is 9.48 Å². The molecular weight excluding hydrogens is 574 g/mol. The summed E-state index contributed by atoms with van der Waals surface area (Å²) in [5.74, 6) is 0.649. The fraction of sp³-hybridized carbons (Fsp3) is 0.360. The van der Waals surface area contributed by atoms with Crippen LogP contribution in [0.2, 0.25) is 10.0 Å². The van der Waals surface area contributed by atoms with Gasteiger partial charge in [0, 0.05) is 23.7 Å². The molecule has 10 nitrogen and oxygen atoms in total. The van der Waals surface area contributed by atoms with E-state index in [0.29, 0.717) is 53.5 Å². The number of aliphatic hydroxyl groups is 1. The molecule has 0 saturated carbocycles. The number of aliphatic hydroxyl groups excluding tert-OH is 1. The van der Waals surface area contributed by atoms with Gasteiger partial charge in [0.15, 0.2) is 17.8 Å². The van der Waals surface area contributed by atoms with Gasteiger partial charge in [-0.05, 0) is 36.4 Å². The Hall–Kier alpha value is -3.39. The van der Waals surface area contributed by atoms with E-state index >= 15 is 0 Å². The van der Waals surface area contributed by atoms with Crippen LogP contribution in [-0.2, 0) is 17.8 Å². The number of benzene rings is 2. The monoisotopic (exact) mass is 595 g/mol. The molecule has 2 aliphatic heterocycles. The summed E-state index contributed by atoms with van der Waals surface area (Å²) in [5.41, 5.74) is 0.147. The molecule has 2 aromatic carbocycles. The minimum absolute atomic E-state index is 0.0644. The number of para-hydroxylation sites is 1. The maximum Gasteiger partial charge on any atom is 0.416 e. The maximum atomic E-state index is 13.3. The first-order valence-corrected chi connectivity index (χ1v) is 13.0. The lowest BCUT2D eigenvalue weighted by Gasteiger charge is -2.55. The van der Waals surface area contributed by atoms with Crippen molar-refractivity contribution in [2.75, 3.05) is 31.2 Å². The number of rotatable bonds is 7. The smallest absolute Gasteiger partial charge is 0.382 e. The molecule has 40 heavy (non-hydrogen) atoms. The van der Waals surface area contributed by atoms with Crippen molar-refractivity contribution in [3.05, 3.63) is 74.9 Å². The minimum atomic E-state index is -4.93. The Morgan fingerprint density at radius 1 is 1.05 bits per heavy atom. The molecule has 0 aliphatic carbocycles. The van der Waals surface area contributed by atoms with Crippen LogP contribution in [0.5, 0.6) is 0 Å². The van der Waals surface area contributed by atoms with E-state index < -0.39 is 24.5 Å². The largest absolute Gasteiger partial charge is 0.416 e. The number of alkyl halides is 3. The molecule has 2 aliphatic rings. The van der Waals surface area contributed by atoms with Crippen molar-refractivity contribution in [3.63, 3.8) is 0 Å². The van der Waals surface area contributed by atoms with Crippen molar-refractivity contribution in [2.45, 2.75) is 25.4 Å². The van der Waals surface area contributed by atoms with E-state index in [2.05, 4.69) is 15.2 Å². The second kappa shape index (κ2) is 9.91. The second-order valence-corrected chi connectivity index (χ2v) is 10.8. The third-order valence-electron chi connectivity index (χ3n) is 6.92. The zero-order chi connectivity index (χ0) is 28.2. The summed E-state index contributed by atoms with van der Waals surface area (Å²) in [4.78, 5) is 20.0. The third-order valence-corrected chi connectivity index (χ3v) is 7.49. The van der Waals surface area contributed by atoms with Gasteiger partial charge < -0.3 is 14.7 Å². The second-order valence-electron chi connectivity index (χ2n) is 9.98. The quantitative estimate of drug-likeness (QED) is 0.349. The van der Waals surface area contributed by atoms with E-state index in [4.69, 9.17) is 27.9 Å². The predicted molar refractivity (Wildman–Crippen MR) is 140 cm³/mol. The third kappa shape index (κ3) is 4.87. The van der Waals surface area contributed by atoms with Crippen LogP contribution in [0.3, 0.4) is 0 Å². The zero-order valence-electron chi connectivity index (χ0n) is 20.7. The number of aromatic nitrogens is 6. The first-order valence-electron chi connectivity index (χ1n) is 12.2. The van der Waals surface area contributed by atoms with E-state index in [1.165, 1.54) is 24.3 Å². The van der Waals surface area contributed by atoms with Gasteiger partial charge in [-0.15, -0.1) is 10.2 Å². The summed E-state index contributed by atoms with van der Waals surface area (Å²) in [6.07, 6.45) is -7.70. The average molecular weight is 596 g/mol. The molecule has 1 N–H and O–H groups in total. The molecule has 2 aromatic heterocycles.